The van der Waals surface area contributed by atoms with Gasteiger partial charge in [0.1, 0.15) is 0 Å². The second-order valence-corrected chi connectivity index (χ2v) is 3.33. The molecule has 0 radical (unpaired) electrons. The van der Waals surface area contributed by atoms with Crippen LogP contribution in [-0.4, -0.2) is 26.8 Å². The van der Waals surface area contributed by atoms with E-state index in [1.165, 1.54) is 18.4 Å². The minimum Gasteiger partial charge on any atom is -0.383 e. The quantitative estimate of drug-likeness (QED) is 0.463. The van der Waals surface area contributed by atoms with Gasteiger partial charge in [-0.1, -0.05) is 25.0 Å². The molecule has 0 aliphatic carbocycles. The van der Waals surface area contributed by atoms with Crippen LogP contribution in [0.1, 0.15) is 33.1 Å². The highest BCUT2D eigenvalue weighted by Gasteiger charge is 1.87. The van der Waals surface area contributed by atoms with E-state index in [1.807, 2.05) is 0 Å². The molecule has 1 N–H and O–H groups in total. The van der Waals surface area contributed by atoms with Crippen LogP contribution in [0.25, 0.3) is 0 Å². The SMILES string of the molecule is CCCC(C)=CCCNCCOC. The van der Waals surface area contributed by atoms with Gasteiger partial charge < -0.3 is 10.1 Å². The number of nitrogens with one attached hydrogen (secondary N) is 1. The Morgan fingerprint density at radius 2 is 2.15 bits per heavy atom. The van der Waals surface area contributed by atoms with Crippen molar-refractivity contribution >= 4 is 0 Å². The lowest BCUT2D eigenvalue weighted by Gasteiger charge is -2.02. The van der Waals surface area contributed by atoms with E-state index >= 15 is 0 Å². The first-order valence-corrected chi connectivity index (χ1v) is 5.16. The van der Waals surface area contributed by atoms with Gasteiger partial charge in [-0.25, -0.2) is 0 Å². The van der Waals surface area contributed by atoms with E-state index in [-0.39, 0.29) is 0 Å². The van der Waals surface area contributed by atoms with Crippen LogP contribution in [0, 0.1) is 0 Å². The zero-order valence-electron chi connectivity index (χ0n) is 9.23. The van der Waals surface area contributed by atoms with Gasteiger partial charge in [0.15, 0.2) is 0 Å². The summed E-state index contributed by atoms with van der Waals surface area (Å²) < 4.78 is 4.93. The molecule has 0 saturated heterocycles. The second-order valence-electron chi connectivity index (χ2n) is 3.33. The zero-order valence-corrected chi connectivity index (χ0v) is 9.23. The summed E-state index contributed by atoms with van der Waals surface area (Å²) in [6, 6.07) is 0. The molecular formula is C11H23NO. The monoisotopic (exact) mass is 185 g/mol. The van der Waals surface area contributed by atoms with Crippen molar-refractivity contribution in [2.24, 2.45) is 0 Å². The van der Waals surface area contributed by atoms with Crippen molar-refractivity contribution in [3.8, 4) is 0 Å². The maximum atomic E-state index is 4.93. The van der Waals surface area contributed by atoms with Crippen LogP contribution in [0.4, 0.5) is 0 Å². The number of rotatable bonds is 8. The molecule has 0 bridgehead atoms. The third-order valence-corrected chi connectivity index (χ3v) is 1.94. The van der Waals surface area contributed by atoms with Gasteiger partial charge >= 0.3 is 0 Å². The lowest BCUT2D eigenvalue weighted by atomic mass is 10.1. The molecule has 0 heterocycles. The van der Waals surface area contributed by atoms with Crippen molar-refractivity contribution in [3.63, 3.8) is 0 Å². The first-order valence-electron chi connectivity index (χ1n) is 5.16. The third-order valence-electron chi connectivity index (χ3n) is 1.94. The van der Waals surface area contributed by atoms with Crippen LogP contribution in [0.2, 0.25) is 0 Å². The average molecular weight is 185 g/mol. The Kier molecular flexibility index (Phi) is 9.49. The lowest BCUT2D eigenvalue weighted by Crippen LogP contribution is -2.19. The molecule has 0 spiro atoms. The van der Waals surface area contributed by atoms with E-state index in [9.17, 15) is 0 Å². The molecule has 0 aliphatic heterocycles. The fourth-order valence-corrected chi connectivity index (χ4v) is 1.22. The number of allylic oxidation sites excluding steroid dienone is 1. The molecule has 0 saturated carbocycles. The highest BCUT2D eigenvalue weighted by atomic mass is 16.5. The Labute approximate surface area is 82.4 Å². The summed E-state index contributed by atoms with van der Waals surface area (Å²) >= 11 is 0. The number of hydrogen-bond acceptors (Lipinski definition) is 2. The first-order chi connectivity index (χ1) is 6.31. The standard InChI is InChI=1S/C11H23NO/c1-4-6-11(2)7-5-8-12-9-10-13-3/h7,12H,4-6,8-10H2,1-3H3. The molecule has 0 fully saturated rings. The molecule has 0 aliphatic rings. The molecule has 78 valence electrons. The largest absolute Gasteiger partial charge is 0.383 e. The Hall–Kier alpha value is -0.340. The van der Waals surface area contributed by atoms with Gasteiger partial charge in [-0.3, -0.25) is 0 Å². The van der Waals surface area contributed by atoms with Crippen molar-refractivity contribution < 1.29 is 4.74 Å². The van der Waals surface area contributed by atoms with Gasteiger partial charge in [0.05, 0.1) is 6.61 Å². The Bertz CT molecular complexity index is 132. The van der Waals surface area contributed by atoms with E-state index in [1.54, 1.807) is 7.11 Å². The van der Waals surface area contributed by atoms with Crippen molar-refractivity contribution in [1.82, 2.24) is 5.32 Å². The molecule has 2 heteroatoms. The van der Waals surface area contributed by atoms with Crippen molar-refractivity contribution in [2.75, 3.05) is 26.8 Å². The van der Waals surface area contributed by atoms with Gasteiger partial charge in [0, 0.05) is 13.7 Å². The normalized spacial score (nSPS) is 12.1. The fraction of sp³-hybridized carbons (Fsp3) is 0.818. The van der Waals surface area contributed by atoms with Crippen molar-refractivity contribution in [1.29, 1.82) is 0 Å². The van der Waals surface area contributed by atoms with E-state index in [2.05, 4.69) is 25.2 Å². The molecule has 0 aromatic heterocycles. The van der Waals surface area contributed by atoms with Gasteiger partial charge in [0.2, 0.25) is 0 Å². The van der Waals surface area contributed by atoms with E-state index in [4.69, 9.17) is 4.74 Å². The molecule has 0 rings (SSSR count). The lowest BCUT2D eigenvalue weighted by molar-refractivity contribution is 0.199. The number of ether oxygens (including phenoxy) is 1. The van der Waals surface area contributed by atoms with Crippen LogP contribution in [0.3, 0.4) is 0 Å². The van der Waals surface area contributed by atoms with E-state index in [0.29, 0.717) is 0 Å². The van der Waals surface area contributed by atoms with Gasteiger partial charge in [-0.15, -0.1) is 0 Å². The first kappa shape index (κ1) is 12.7. The molecule has 0 amide bonds. The summed E-state index contributed by atoms with van der Waals surface area (Å²) in [5.41, 5.74) is 1.51. The molecule has 0 aromatic carbocycles. The summed E-state index contributed by atoms with van der Waals surface area (Å²) in [5, 5.41) is 3.31. The van der Waals surface area contributed by atoms with Crippen LogP contribution in [0.15, 0.2) is 11.6 Å². The van der Waals surface area contributed by atoms with Gasteiger partial charge in [-0.05, 0) is 26.3 Å². The third kappa shape index (κ3) is 9.57. The topological polar surface area (TPSA) is 21.3 Å². The number of methoxy groups -OCH3 is 1. The molecule has 0 unspecified atom stereocenters. The van der Waals surface area contributed by atoms with Crippen LogP contribution in [0.5, 0.6) is 0 Å². The molecule has 0 atom stereocenters. The predicted octanol–water partition coefficient (Wildman–Crippen LogP) is 2.36. The summed E-state index contributed by atoms with van der Waals surface area (Å²) in [6.07, 6.45) is 5.94. The second kappa shape index (κ2) is 9.75. The molecule has 2 nitrogen and oxygen atoms in total. The predicted molar refractivity (Wildman–Crippen MR) is 58.0 cm³/mol. The van der Waals surface area contributed by atoms with Crippen LogP contribution < -0.4 is 5.32 Å². The maximum Gasteiger partial charge on any atom is 0.0587 e. The van der Waals surface area contributed by atoms with Gasteiger partial charge in [-0.2, -0.15) is 0 Å². The molecule has 13 heavy (non-hydrogen) atoms. The van der Waals surface area contributed by atoms with Crippen LogP contribution >= 0.6 is 0 Å². The Morgan fingerprint density at radius 1 is 1.38 bits per heavy atom. The molecular weight excluding hydrogens is 162 g/mol. The minimum atomic E-state index is 0.803. The van der Waals surface area contributed by atoms with Crippen LogP contribution in [-0.2, 0) is 4.74 Å². The van der Waals surface area contributed by atoms with E-state index in [0.717, 1.165) is 26.1 Å². The van der Waals surface area contributed by atoms with Crippen molar-refractivity contribution in [3.05, 3.63) is 11.6 Å². The average Bonchev–Trinajstić information content (AvgIpc) is 2.11. The number of hydrogen-bond donors (Lipinski definition) is 1. The summed E-state index contributed by atoms with van der Waals surface area (Å²) in [6.45, 7) is 7.24. The Morgan fingerprint density at radius 3 is 2.77 bits per heavy atom. The maximum absolute atomic E-state index is 4.93. The summed E-state index contributed by atoms with van der Waals surface area (Å²) in [7, 11) is 1.73. The Balaban J connectivity index is 3.18. The van der Waals surface area contributed by atoms with E-state index < -0.39 is 0 Å². The zero-order chi connectivity index (χ0) is 9.94. The highest BCUT2D eigenvalue weighted by molar-refractivity contribution is 4.97. The summed E-state index contributed by atoms with van der Waals surface area (Å²) in [5.74, 6) is 0. The highest BCUT2D eigenvalue weighted by Crippen LogP contribution is 2.03. The summed E-state index contributed by atoms with van der Waals surface area (Å²) in [4.78, 5) is 0. The molecule has 0 aromatic rings. The van der Waals surface area contributed by atoms with Crippen molar-refractivity contribution in [2.45, 2.75) is 33.1 Å². The minimum absolute atomic E-state index is 0.803. The fourth-order valence-electron chi connectivity index (χ4n) is 1.22. The van der Waals surface area contributed by atoms with Gasteiger partial charge in [0.25, 0.3) is 0 Å². The smallest absolute Gasteiger partial charge is 0.0587 e.